The van der Waals surface area contributed by atoms with Crippen molar-refractivity contribution in [3.8, 4) is 11.1 Å². The van der Waals surface area contributed by atoms with Crippen LogP contribution in [0.15, 0.2) is 60.5 Å². The number of nitrogens with zero attached hydrogens (tertiary/aromatic N) is 5. The number of aryl methyl sites for hydroxylation is 1. The molecule has 1 saturated heterocycles. The van der Waals surface area contributed by atoms with Gasteiger partial charge >= 0.3 is 0 Å². The molecular formula is C23H23N5S. The van der Waals surface area contributed by atoms with Crippen LogP contribution in [0.2, 0.25) is 0 Å². The molecule has 0 N–H and O–H groups in total. The van der Waals surface area contributed by atoms with Crippen molar-refractivity contribution in [2.24, 2.45) is 0 Å². The number of fused-ring (bicyclic) bond motifs is 1. The highest BCUT2D eigenvalue weighted by molar-refractivity contribution is 7.17. The minimum absolute atomic E-state index is 0.973. The first kappa shape index (κ1) is 18.2. The maximum Gasteiger partial charge on any atom is 0.141 e. The van der Waals surface area contributed by atoms with E-state index in [4.69, 9.17) is 4.98 Å². The Bertz CT molecular complexity index is 1100. The second-order valence-corrected chi connectivity index (χ2v) is 8.37. The summed E-state index contributed by atoms with van der Waals surface area (Å²) in [6.07, 6.45) is 5.44. The molecule has 1 fully saturated rings. The molecule has 4 heterocycles. The number of benzene rings is 1. The van der Waals surface area contributed by atoms with Crippen molar-refractivity contribution in [3.05, 3.63) is 71.6 Å². The second-order valence-electron chi connectivity index (χ2n) is 7.51. The third-order valence-electron chi connectivity index (χ3n) is 5.54. The van der Waals surface area contributed by atoms with Gasteiger partial charge < -0.3 is 4.90 Å². The first-order chi connectivity index (χ1) is 14.3. The minimum atomic E-state index is 0.973. The van der Waals surface area contributed by atoms with Crippen molar-refractivity contribution in [2.75, 3.05) is 31.1 Å². The smallest absolute Gasteiger partial charge is 0.141 e. The maximum atomic E-state index is 4.71. The van der Waals surface area contributed by atoms with Gasteiger partial charge in [-0.05, 0) is 30.2 Å². The van der Waals surface area contributed by atoms with E-state index in [2.05, 4.69) is 68.5 Å². The van der Waals surface area contributed by atoms with Gasteiger partial charge in [0.05, 0.1) is 5.39 Å². The van der Waals surface area contributed by atoms with Crippen LogP contribution in [0.5, 0.6) is 0 Å². The fourth-order valence-electron chi connectivity index (χ4n) is 3.91. The summed E-state index contributed by atoms with van der Waals surface area (Å²) in [5, 5.41) is 3.40. The van der Waals surface area contributed by atoms with Gasteiger partial charge in [0, 0.05) is 56.1 Å². The topological polar surface area (TPSA) is 45.2 Å². The van der Waals surface area contributed by atoms with Gasteiger partial charge in [0.1, 0.15) is 17.0 Å². The summed E-state index contributed by atoms with van der Waals surface area (Å²) in [7, 11) is 0. The van der Waals surface area contributed by atoms with Crippen molar-refractivity contribution >= 4 is 27.4 Å². The highest BCUT2D eigenvalue weighted by Crippen LogP contribution is 2.38. The Morgan fingerprint density at radius 1 is 0.931 bits per heavy atom. The first-order valence-electron chi connectivity index (χ1n) is 9.93. The predicted molar refractivity (Wildman–Crippen MR) is 119 cm³/mol. The Balaban J connectivity index is 1.39. The van der Waals surface area contributed by atoms with Crippen LogP contribution >= 0.6 is 11.3 Å². The number of thiophene rings is 1. The van der Waals surface area contributed by atoms with E-state index < -0.39 is 0 Å². The second kappa shape index (κ2) is 7.89. The van der Waals surface area contributed by atoms with E-state index in [1.807, 2.05) is 12.4 Å². The average molecular weight is 402 g/mol. The van der Waals surface area contributed by atoms with Gasteiger partial charge in [-0.2, -0.15) is 0 Å². The molecular weight excluding hydrogens is 378 g/mol. The molecule has 0 saturated carbocycles. The zero-order valence-electron chi connectivity index (χ0n) is 16.5. The van der Waals surface area contributed by atoms with E-state index in [-0.39, 0.29) is 0 Å². The summed E-state index contributed by atoms with van der Waals surface area (Å²) in [6.45, 7) is 7.09. The van der Waals surface area contributed by atoms with Crippen LogP contribution in [0.25, 0.3) is 21.3 Å². The van der Waals surface area contributed by atoms with Gasteiger partial charge in [-0.1, -0.05) is 29.8 Å². The maximum absolute atomic E-state index is 4.71. The molecule has 0 unspecified atom stereocenters. The molecule has 0 atom stereocenters. The average Bonchev–Trinajstić information content (AvgIpc) is 3.20. The summed E-state index contributed by atoms with van der Waals surface area (Å²) < 4.78 is 0. The molecule has 1 aliphatic rings. The van der Waals surface area contributed by atoms with Crippen molar-refractivity contribution in [2.45, 2.75) is 13.5 Å². The predicted octanol–water partition coefficient (Wildman–Crippen LogP) is 4.38. The Hall–Kier alpha value is -2.83. The summed E-state index contributed by atoms with van der Waals surface area (Å²) in [5.41, 5.74) is 5.06. The molecule has 3 aromatic heterocycles. The number of anilines is 1. The lowest BCUT2D eigenvalue weighted by atomic mass is 10.0. The molecule has 5 nitrogen and oxygen atoms in total. The first-order valence-corrected chi connectivity index (χ1v) is 10.8. The van der Waals surface area contributed by atoms with Crippen molar-refractivity contribution in [1.29, 1.82) is 0 Å². The lowest BCUT2D eigenvalue weighted by molar-refractivity contribution is 0.249. The fraction of sp³-hybridized carbons (Fsp3) is 0.261. The molecule has 1 aromatic carbocycles. The molecule has 6 heteroatoms. The summed E-state index contributed by atoms with van der Waals surface area (Å²) in [5.74, 6) is 1.07. The van der Waals surface area contributed by atoms with Gasteiger partial charge in [-0.15, -0.1) is 11.3 Å². The van der Waals surface area contributed by atoms with Gasteiger partial charge in [-0.25, -0.2) is 9.97 Å². The quantitative estimate of drug-likeness (QED) is 0.508. The summed E-state index contributed by atoms with van der Waals surface area (Å²) in [6, 6.07) is 12.9. The Morgan fingerprint density at radius 2 is 1.69 bits per heavy atom. The van der Waals surface area contributed by atoms with Crippen molar-refractivity contribution < 1.29 is 0 Å². The molecule has 29 heavy (non-hydrogen) atoms. The zero-order chi connectivity index (χ0) is 19.6. The van der Waals surface area contributed by atoms with Crippen LogP contribution < -0.4 is 4.90 Å². The standard InChI is InChI=1S/C23H23N5S/c1-17-2-4-19(5-3-17)20-15-29-23-21(20)22(25-16-26-23)28-12-10-27(11-13-28)14-18-6-8-24-9-7-18/h2-9,15-16H,10-14H2,1H3. The molecule has 1 aliphatic heterocycles. The highest BCUT2D eigenvalue weighted by atomic mass is 32.1. The molecule has 146 valence electrons. The van der Waals surface area contributed by atoms with Gasteiger partial charge in [0.15, 0.2) is 0 Å². The lowest BCUT2D eigenvalue weighted by Gasteiger charge is -2.35. The Morgan fingerprint density at radius 3 is 2.45 bits per heavy atom. The van der Waals surface area contributed by atoms with Gasteiger partial charge in [-0.3, -0.25) is 9.88 Å². The monoisotopic (exact) mass is 401 g/mol. The number of hydrogen-bond donors (Lipinski definition) is 0. The van der Waals surface area contributed by atoms with Crippen LogP contribution in [-0.4, -0.2) is 46.0 Å². The molecule has 5 rings (SSSR count). The largest absolute Gasteiger partial charge is 0.353 e. The molecule has 0 spiro atoms. The summed E-state index contributed by atoms with van der Waals surface area (Å²) >= 11 is 1.70. The van der Waals surface area contributed by atoms with E-state index in [0.29, 0.717) is 0 Å². The van der Waals surface area contributed by atoms with Crippen LogP contribution in [0, 0.1) is 6.92 Å². The number of hydrogen-bond acceptors (Lipinski definition) is 6. The third-order valence-corrected chi connectivity index (χ3v) is 6.43. The van der Waals surface area contributed by atoms with Crippen molar-refractivity contribution in [3.63, 3.8) is 0 Å². The van der Waals surface area contributed by atoms with E-state index in [1.54, 1.807) is 17.7 Å². The number of pyridine rings is 1. The van der Waals surface area contributed by atoms with Crippen molar-refractivity contribution in [1.82, 2.24) is 19.9 Å². The van der Waals surface area contributed by atoms with Crippen LogP contribution in [0.4, 0.5) is 5.82 Å². The fourth-order valence-corrected chi connectivity index (χ4v) is 4.82. The van der Waals surface area contributed by atoms with E-state index >= 15 is 0 Å². The van der Waals surface area contributed by atoms with E-state index in [9.17, 15) is 0 Å². The number of piperazine rings is 1. The van der Waals surface area contributed by atoms with Gasteiger partial charge in [0.2, 0.25) is 0 Å². The van der Waals surface area contributed by atoms with Crippen LogP contribution in [0.1, 0.15) is 11.1 Å². The number of rotatable bonds is 4. The van der Waals surface area contributed by atoms with Gasteiger partial charge in [0.25, 0.3) is 0 Å². The zero-order valence-corrected chi connectivity index (χ0v) is 17.3. The molecule has 0 bridgehead atoms. The SMILES string of the molecule is Cc1ccc(-c2csc3ncnc(N4CCN(Cc5ccncc5)CC4)c23)cc1. The van der Waals surface area contributed by atoms with E-state index in [1.165, 1.54) is 27.6 Å². The Kier molecular flexibility index (Phi) is 4.96. The molecule has 4 aromatic rings. The highest BCUT2D eigenvalue weighted by Gasteiger charge is 2.22. The van der Waals surface area contributed by atoms with Crippen LogP contribution in [0.3, 0.4) is 0 Å². The van der Waals surface area contributed by atoms with Crippen LogP contribution in [-0.2, 0) is 6.54 Å². The molecule has 0 aliphatic carbocycles. The Labute approximate surface area is 174 Å². The number of aromatic nitrogens is 3. The summed E-state index contributed by atoms with van der Waals surface area (Å²) in [4.78, 5) is 19.3. The van der Waals surface area contributed by atoms with E-state index in [0.717, 1.165) is 43.4 Å². The normalized spacial score (nSPS) is 15.1. The molecule has 0 amide bonds. The lowest BCUT2D eigenvalue weighted by Crippen LogP contribution is -2.46. The third kappa shape index (κ3) is 3.73. The minimum Gasteiger partial charge on any atom is -0.353 e. The molecule has 0 radical (unpaired) electrons.